The molecule has 7 rings (SSSR count). The van der Waals surface area contributed by atoms with Crippen molar-refractivity contribution in [2.45, 2.75) is 33.6 Å². The Morgan fingerprint density at radius 1 is 0.490 bits per heavy atom. The fourth-order valence-electron chi connectivity index (χ4n) is 7.36. The largest absolute Gasteiger partial charge is 0.343 e. The topological polar surface area (TPSA) is 11.4 Å². The summed E-state index contributed by atoms with van der Waals surface area (Å²) in [5.41, 5.74) is 15.0. The summed E-state index contributed by atoms with van der Waals surface area (Å²) >= 11 is 0. The number of aromatic nitrogens is 1. The zero-order chi connectivity index (χ0) is 33.9. The average molecular weight is 640 g/mol. The van der Waals surface area contributed by atoms with Gasteiger partial charge in [-0.05, 0) is 105 Å². The van der Waals surface area contributed by atoms with E-state index in [0.29, 0.717) is 0 Å². The fraction of sp³-hybridized carbons (Fsp3) is 0.174. The van der Waals surface area contributed by atoms with Gasteiger partial charge in [-0.2, -0.15) is 0 Å². The molecule has 7 aromatic rings. The Balaban J connectivity index is 1.38. The number of para-hydroxylation sites is 1. The lowest BCUT2D eigenvalue weighted by Gasteiger charge is -2.26. The first-order valence-corrected chi connectivity index (χ1v) is 17.5. The van der Waals surface area contributed by atoms with E-state index >= 15 is 0 Å². The Labute approximate surface area is 291 Å². The van der Waals surface area contributed by atoms with Gasteiger partial charge in [-0.15, -0.1) is 0 Å². The first kappa shape index (κ1) is 32.0. The van der Waals surface area contributed by atoms with Crippen molar-refractivity contribution in [3.05, 3.63) is 179 Å². The van der Waals surface area contributed by atoms with Gasteiger partial charge in [0, 0.05) is 59.7 Å². The van der Waals surface area contributed by atoms with Crippen molar-refractivity contribution < 1.29 is 0 Å². The lowest BCUT2D eigenvalue weighted by Crippen LogP contribution is -2.16. The van der Waals surface area contributed by atoms with E-state index in [9.17, 15) is 0 Å². The van der Waals surface area contributed by atoms with Crippen LogP contribution < -0.4 is 9.80 Å². The number of rotatable bonds is 10. The van der Waals surface area contributed by atoms with Crippen LogP contribution in [0.2, 0.25) is 0 Å². The number of hydrogen-bond acceptors (Lipinski definition) is 2. The van der Waals surface area contributed by atoms with Gasteiger partial charge in [-0.1, -0.05) is 108 Å². The summed E-state index contributed by atoms with van der Waals surface area (Å²) in [6.45, 7) is 10.5. The molecule has 0 N–H and O–H groups in total. The molecule has 244 valence electrons. The van der Waals surface area contributed by atoms with Gasteiger partial charge in [-0.25, -0.2) is 0 Å². The van der Waals surface area contributed by atoms with E-state index in [0.717, 1.165) is 13.1 Å². The molecule has 0 atom stereocenters. The van der Waals surface area contributed by atoms with Crippen LogP contribution >= 0.6 is 0 Å². The predicted molar refractivity (Wildman–Crippen MR) is 210 cm³/mol. The molecule has 3 nitrogen and oxygen atoms in total. The van der Waals surface area contributed by atoms with Crippen molar-refractivity contribution >= 4 is 33.7 Å². The highest BCUT2D eigenvalue weighted by atomic mass is 15.1. The number of nitrogens with zero attached hydrogens (tertiary/aromatic N) is 3. The van der Waals surface area contributed by atoms with Crippen LogP contribution in [-0.2, 0) is 7.05 Å². The second-order valence-electron chi connectivity index (χ2n) is 13.0. The molecular weight excluding hydrogens is 595 g/mol. The van der Waals surface area contributed by atoms with Crippen LogP contribution in [0.15, 0.2) is 152 Å². The molecule has 3 heteroatoms. The minimum atomic E-state index is 0.0216. The van der Waals surface area contributed by atoms with Crippen LogP contribution in [0.4, 0.5) is 22.7 Å². The summed E-state index contributed by atoms with van der Waals surface area (Å²) in [5, 5.41) is 1.28. The molecule has 0 aliphatic rings. The molecule has 49 heavy (non-hydrogen) atoms. The van der Waals surface area contributed by atoms with Gasteiger partial charge in [0.25, 0.3) is 0 Å². The Morgan fingerprint density at radius 3 is 1.35 bits per heavy atom. The maximum Gasteiger partial charge on any atom is 0.0530 e. The van der Waals surface area contributed by atoms with Gasteiger partial charge in [0.05, 0.1) is 5.69 Å². The summed E-state index contributed by atoms with van der Waals surface area (Å²) in [5.74, 6) is 0.0216. The van der Waals surface area contributed by atoms with Crippen LogP contribution in [0.5, 0.6) is 0 Å². The van der Waals surface area contributed by atoms with Gasteiger partial charge in [-0.3, -0.25) is 0 Å². The van der Waals surface area contributed by atoms with Gasteiger partial charge >= 0.3 is 0 Å². The quantitative estimate of drug-likeness (QED) is 0.148. The van der Waals surface area contributed by atoms with Crippen molar-refractivity contribution in [2.75, 3.05) is 22.9 Å². The van der Waals surface area contributed by atoms with Crippen molar-refractivity contribution in [3.8, 4) is 11.3 Å². The molecule has 0 aliphatic carbocycles. The molecule has 0 amide bonds. The molecule has 0 saturated carbocycles. The van der Waals surface area contributed by atoms with Crippen LogP contribution in [0.25, 0.3) is 22.2 Å². The summed E-state index contributed by atoms with van der Waals surface area (Å²) in [4.78, 5) is 4.76. The van der Waals surface area contributed by atoms with E-state index in [1.54, 1.807) is 0 Å². The van der Waals surface area contributed by atoms with Crippen LogP contribution in [0.1, 0.15) is 47.6 Å². The molecule has 0 radical (unpaired) electrons. The van der Waals surface area contributed by atoms with Crippen LogP contribution in [0.3, 0.4) is 0 Å². The second-order valence-corrected chi connectivity index (χ2v) is 13.0. The molecular formula is C46H45N3. The Morgan fingerprint density at radius 2 is 0.898 bits per heavy atom. The van der Waals surface area contributed by atoms with Gasteiger partial charge in [0.1, 0.15) is 0 Å². The van der Waals surface area contributed by atoms with Crippen molar-refractivity contribution in [1.82, 2.24) is 4.57 Å². The lowest BCUT2D eigenvalue weighted by molar-refractivity contribution is 0.935. The maximum atomic E-state index is 2.38. The molecule has 0 aliphatic heterocycles. The molecule has 0 bridgehead atoms. The number of aryl methyl sites for hydroxylation is 3. The Bertz CT molecular complexity index is 2040. The third-order valence-electron chi connectivity index (χ3n) is 9.88. The molecule has 0 unspecified atom stereocenters. The third-order valence-corrected chi connectivity index (χ3v) is 9.88. The van der Waals surface area contributed by atoms with E-state index < -0.39 is 0 Å². The number of fused-ring (bicyclic) bond motifs is 1. The zero-order valence-corrected chi connectivity index (χ0v) is 29.3. The maximum absolute atomic E-state index is 2.38. The zero-order valence-electron chi connectivity index (χ0n) is 29.3. The summed E-state index contributed by atoms with van der Waals surface area (Å²) in [7, 11) is 2.21. The Hall–Kier alpha value is -5.54. The normalized spacial score (nSPS) is 11.3. The van der Waals surface area contributed by atoms with Gasteiger partial charge in [0.2, 0.25) is 0 Å². The minimum absolute atomic E-state index is 0.0216. The number of anilines is 4. The van der Waals surface area contributed by atoms with Crippen LogP contribution in [-0.4, -0.2) is 17.7 Å². The average Bonchev–Trinajstić information content (AvgIpc) is 3.43. The lowest BCUT2D eigenvalue weighted by atomic mass is 9.82. The molecule has 0 fully saturated rings. The van der Waals surface area contributed by atoms with E-state index in [-0.39, 0.29) is 5.92 Å². The molecule has 1 heterocycles. The SMILES string of the molecule is CCN(c1ccc(C)cc1)c1ccc(C(c2ccc(N(CC)c3ccc(C)cc3)cc2)c2c(-c3ccccc3)n(C)c3ccccc23)cc1. The number of benzene rings is 6. The van der Waals surface area contributed by atoms with Crippen molar-refractivity contribution in [1.29, 1.82) is 0 Å². The van der Waals surface area contributed by atoms with Crippen LogP contribution in [0, 0.1) is 13.8 Å². The minimum Gasteiger partial charge on any atom is -0.343 e. The van der Waals surface area contributed by atoms with Crippen molar-refractivity contribution in [3.63, 3.8) is 0 Å². The van der Waals surface area contributed by atoms with Gasteiger partial charge < -0.3 is 14.4 Å². The Kier molecular flexibility index (Phi) is 9.09. The predicted octanol–water partition coefficient (Wildman–Crippen LogP) is 12.0. The molecule has 1 aromatic heterocycles. The highest BCUT2D eigenvalue weighted by Gasteiger charge is 2.27. The first-order chi connectivity index (χ1) is 24.0. The summed E-state index contributed by atoms with van der Waals surface area (Å²) in [6, 6.07) is 55.9. The monoisotopic (exact) mass is 639 g/mol. The molecule has 0 saturated heterocycles. The second kappa shape index (κ2) is 13.9. The summed E-state index contributed by atoms with van der Waals surface area (Å²) in [6.07, 6.45) is 0. The summed E-state index contributed by atoms with van der Waals surface area (Å²) < 4.78 is 2.38. The third kappa shape index (κ3) is 6.25. The smallest absolute Gasteiger partial charge is 0.0530 e. The molecule has 0 spiro atoms. The van der Waals surface area contributed by atoms with Gasteiger partial charge in [0.15, 0.2) is 0 Å². The highest BCUT2D eigenvalue weighted by Crippen LogP contribution is 2.44. The van der Waals surface area contributed by atoms with E-state index in [4.69, 9.17) is 0 Å². The first-order valence-electron chi connectivity index (χ1n) is 17.5. The van der Waals surface area contributed by atoms with Crippen molar-refractivity contribution in [2.24, 2.45) is 7.05 Å². The highest BCUT2D eigenvalue weighted by molar-refractivity contribution is 5.93. The number of hydrogen-bond donors (Lipinski definition) is 0. The van der Waals surface area contributed by atoms with E-state index in [1.807, 2.05) is 0 Å². The van der Waals surface area contributed by atoms with E-state index in [1.165, 1.54) is 72.7 Å². The van der Waals surface area contributed by atoms with E-state index in [2.05, 4.69) is 201 Å². The molecule has 6 aromatic carbocycles. The fourth-order valence-corrected chi connectivity index (χ4v) is 7.36. The standard InChI is InChI=1S/C46H45N3/c1-6-48(38-25-17-33(3)18-26-38)40-29-21-35(22-30-40)44(36-23-31-41(32-24-36)49(7-2)39-27-19-34(4)20-28-39)45-42-15-11-12-16-43(42)47(5)46(45)37-13-9-8-10-14-37/h8-32,44H,6-7H2,1-5H3.